The fourth-order valence-electron chi connectivity index (χ4n) is 8.56. The molecule has 4 bridgehead atoms. The normalized spacial score (nSPS) is 29.1. The molecule has 3 aliphatic heterocycles. The minimum absolute atomic E-state index is 0.00530. The third kappa shape index (κ3) is 5.71. The fourth-order valence-corrected chi connectivity index (χ4v) is 8.61. The van der Waals surface area contributed by atoms with Gasteiger partial charge in [-0.05, 0) is 93.2 Å². The Morgan fingerprint density at radius 2 is 1.71 bits per heavy atom. The number of fused-ring (bicyclic) bond motifs is 2. The zero-order valence-electron chi connectivity index (χ0n) is 30.9. The molecule has 0 radical (unpaired) electrons. The molecule has 6 aliphatic rings. The van der Waals surface area contributed by atoms with Gasteiger partial charge in [0.1, 0.15) is 28.5 Å². The number of carbonyl (C=O) groups excluding carboxylic acids is 4. The van der Waals surface area contributed by atoms with Crippen molar-refractivity contribution in [2.24, 2.45) is 11.8 Å². The minimum atomic E-state index is -1.63. The molecule has 1 aromatic rings. The number of ether oxygens (including phenoxy) is 5. The summed E-state index contributed by atoms with van der Waals surface area (Å²) in [5.74, 6) is -2.74. The minimum Gasteiger partial charge on any atom is -0.482 e. The van der Waals surface area contributed by atoms with Gasteiger partial charge >= 0.3 is 11.9 Å². The van der Waals surface area contributed by atoms with Crippen LogP contribution in [0.15, 0.2) is 52.7 Å². The number of Topliss-reactive ketones (excluding diaryl/α,β-unsaturated/α-hetero) is 2. The van der Waals surface area contributed by atoms with Crippen LogP contribution in [0, 0.1) is 11.8 Å². The summed E-state index contributed by atoms with van der Waals surface area (Å²) in [7, 11) is 1.30. The van der Waals surface area contributed by atoms with Crippen LogP contribution in [-0.2, 0) is 30.3 Å². The predicted octanol–water partition coefficient (Wildman–Crippen LogP) is 7.77. The molecule has 1 saturated carbocycles. The van der Waals surface area contributed by atoms with Gasteiger partial charge in [0.05, 0.1) is 18.3 Å². The van der Waals surface area contributed by atoms with Gasteiger partial charge in [0, 0.05) is 35.0 Å². The van der Waals surface area contributed by atoms with Crippen molar-refractivity contribution in [2.45, 2.75) is 110 Å². The van der Waals surface area contributed by atoms with Gasteiger partial charge in [-0.25, -0.2) is 4.79 Å². The molecule has 0 N–H and O–H groups in total. The Hall–Kier alpha value is -3.95. The maximum Gasteiger partial charge on any atom is 0.333 e. The van der Waals surface area contributed by atoms with Crippen LogP contribution in [0.4, 0.5) is 0 Å². The molecule has 272 valence electrons. The molecule has 1 saturated heterocycles. The summed E-state index contributed by atoms with van der Waals surface area (Å²) >= 11 is 5.96. The van der Waals surface area contributed by atoms with Gasteiger partial charge in [-0.3, -0.25) is 14.4 Å². The highest BCUT2D eigenvalue weighted by molar-refractivity contribution is 6.27. The molecule has 1 aromatic carbocycles. The Morgan fingerprint density at radius 3 is 2.35 bits per heavy atom. The summed E-state index contributed by atoms with van der Waals surface area (Å²) in [6.45, 7) is 15.5. The van der Waals surface area contributed by atoms with Gasteiger partial charge in [-0.15, -0.1) is 11.6 Å². The maximum absolute atomic E-state index is 15.2. The van der Waals surface area contributed by atoms with Crippen LogP contribution >= 0.6 is 11.6 Å². The van der Waals surface area contributed by atoms with Gasteiger partial charge in [-0.1, -0.05) is 35.5 Å². The summed E-state index contributed by atoms with van der Waals surface area (Å²) in [6.07, 6.45) is 13.5. The number of esters is 2. The van der Waals surface area contributed by atoms with Gasteiger partial charge < -0.3 is 23.7 Å². The summed E-state index contributed by atoms with van der Waals surface area (Å²) in [6, 6.07) is 0. The number of alkyl halides is 1. The molecule has 0 amide bonds. The number of ketones is 2. The monoisotopic (exact) mass is 718 g/mol. The maximum atomic E-state index is 15.2. The predicted molar refractivity (Wildman–Crippen MR) is 193 cm³/mol. The molecule has 1 spiro atoms. The van der Waals surface area contributed by atoms with Crippen LogP contribution in [0.25, 0.3) is 6.08 Å². The van der Waals surface area contributed by atoms with Crippen LogP contribution in [0.3, 0.4) is 0 Å². The fraction of sp³-hybridized carbons (Fsp3) is 0.512. The molecule has 5 atom stereocenters. The van der Waals surface area contributed by atoms with Crippen molar-refractivity contribution in [2.75, 3.05) is 13.0 Å². The van der Waals surface area contributed by atoms with E-state index in [0.717, 1.165) is 12.0 Å². The summed E-state index contributed by atoms with van der Waals surface area (Å²) in [4.78, 5) is 55.1. The van der Waals surface area contributed by atoms with Gasteiger partial charge in [0.2, 0.25) is 0 Å². The first kappa shape index (κ1) is 36.8. The second-order valence-electron chi connectivity index (χ2n) is 15.5. The highest BCUT2D eigenvalue weighted by Gasteiger charge is 2.81. The first-order valence-corrected chi connectivity index (χ1v) is 18.1. The first-order valence-electron chi connectivity index (χ1n) is 17.5. The van der Waals surface area contributed by atoms with Crippen molar-refractivity contribution in [1.82, 2.24) is 0 Å². The van der Waals surface area contributed by atoms with E-state index in [1.807, 2.05) is 66.7 Å². The highest BCUT2D eigenvalue weighted by atomic mass is 35.5. The number of halogens is 1. The van der Waals surface area contributed by atoms with Crippen molar-refractivity contribution in [3.05, 3.63) is 69.4 Å². The lowest BCUT2D eigenvalue weighted by Crippen LogP contribution is -2.72. The van der Waals surface area contributed by atoms with Crippen LogP contribution in [0.2, 0.25) is 0 Å². The molecule has 9 nitrogen and oxygen atoms in total. The lowest BCUT2D eigenvalue weighted by Gasteiger charge is -2.56. The number of methoxy groups -OCH3 is 1. The average molecular weight is 719 g/mol. The Morgan fingerprint density at radius 1 is 1.00 bits per heavy atom. The summed E-state index contributed by atoms with van der Waals surface area (Å²) in [5, 5.41) is 0. The van der Waals surface area contributed by atoms with Gasteiger partial charge in [0.25, 0.3) is 0 Å². The van der Waals surface area contributed by atoms with E-state index in [2.05, 4.69) is 6.08 Å². The van der Waals surface area contributed by atoms with E-state index in [9.17, 15) is 14.4 Å². The van der Waals surface area contributed by atoms with E-state index < -0.39 is 57.8 Å². The first-order chi connectivity index (χ1) is 23.9. The van der Waals surface area contributed by atoms with E-state index in [1.54, 1.807) is 19.1 Å². The van der Waals surface area contributed by atoms with E-state index >= 15 is 4.79 Å². The van der Waals surface area contributed by atoms with Crippen molar-refractivity contribution < 1.29 is 42.9 Å². The smallest absolute Gasteiger partial charge is 0.333 e. The number of benzene rings is 1. The molecule has 5 unspecified atom stereocenters. The largest absolute Gasteiger partial charge is 0.482 e. The van der Waals surface area contributed by atoms with Crippen LogP contribution < -0.4 is 14.2 Å². The molecule has 3 aliphatic carbocycles. The molecule has 7 rings (SSSR count). The second-order valence-corrected chi connectivity index (χ2v) is 15.8. The quantitative estimate of drug-likeness (QED) is 0.0787. The van der Waals surface area contributed by atoms with Crippen LogP contribution in [0.5, 0.6) is 17.2 Å². The lowest BCUT2D eigenvalue weighted by molar-refractivity contribution is -0.171. The van der Waals surface area contributed by atoms with Crippen molar-refractivity contribution in [3.63, 3.8) is 0 Å². The molecule has 2 fully saturated rings. The Balaban J connectivity index is 1.64. The highest BCUT2D eigenvalue weighted by Crippen LogP contribution is 2.68. The summed E-state index contributed by atoms with van der Waals surface area (Å²) < 4.78 is 31.9. The number of carbonyl (C=O) groups is 4. The van der Waals surface area contributed by atoms with Crippen molar-refractivity contribution in [1.29, 1.82) is 0 Å². The summed E-state index contributed by atoms with van der Waals surface area (Å²) in [5.41, 5.74) is -0.854. The lowest BCUT2D eigenvalue weighted by atomic mass is 9.51. The third-order valence-corrected chi connectivity index (χ3v) is 11.2. The molecular formula is C41H47ClO9. The zero-order chi connectivity index (χ0) is 37.3. The van der Waals surface area contributed by atoms with E-state index in [4.69, 9.17) is 35.3 Å². The zero-order valence-corrected chi connectivity index (χ0v) is 31.7. The van der Waals surface area contributed by atoms with Crippen LogP contribution in [0.1, 0.15) is 103 Å². The average Bonchev–Trinajstić information content (AvgIpc) is 3.22. The Kier molecular flexibility index (Phi) is 9.33. The topological polar surface area (TPSA) is 114 Å². The van der Waals surface area contributed by atoms with E-state index in [1.165, 1.54) is 12.7 Å². The molecule has 51 heavy (non-hydrogen) atoms. The number of hydrogen-bond acceptors (Lipinski definition) is 9. The Bertz CT molecular complexity index is 1890. The SMILES string of the molecule is COC(=O)/C(C)=C\CC12OC(C)(C)C3CC(C=C4C(=O)c5c(OC(=O)CCl)c6c(c(CC=C(C)C)c5OC431)OC(C)(CCC=C(C)C)C=C6)C2=O. The van der Waals surface area contributed by atoms with Crippen LogP contribution in [-0.4, -0.2) is 58.9 Å². The molecule has 0 aromatic heterocycles. The molecule has 3 heterocycles. The molecular weight excluding hydrogens is 672 g/mol. The second kappa shape index (κ2) is 12.9. The standard InChI is InChI=1S/C41H47ClO9/c1-22(2)11-10-16-39(8)17-15-27-33(49-39)26(13-12-23(3)4)35-31(34(27)48-30(43)21-42)32(44)28-19-25-20-29-38(6,7)51-40(36(25)45,41(28,29)50-35)18-14-24(5)37(46)47-9/h11-12,14-15,17,19,25,29H,10,13,16,18,20-21H2,1-9H3/b24-14-. The van der Waals surface area contributed by atoms with Gasteiger partial charge in [-0.2, -0.15) is 0 Å². The van der Waals surface area contributed by atoms with Crippen molar-refractivity contribution in [3.8, 4) is 17.2 Å². The van der Waals surface area contributed by atoms with E-state index in [0.29, 0.717) is 41.7 Å². The Labute approximate surface area is 304 Å². The van der Waals surface area contributed by atoms with Crippen molar-refractivity contribution >= 4 is 41.2 Å². The number of allylic oxidation sites excluding steroid dienone is 5. The molecule has 10 heteroatoms. The number of hydrogen-bond donors (Lipinski definition) is 0. The van der Waals surface area contributed by atoms with E-state index in [-0.39, 0.29) is 34.8 Å². The third-order valence-electron chi connectivity index (χ3n) is 11.0. The van der Waals surface area contributed by atoms with Gasteiger partial charge in [0.15, 0.2) is 28.5 Å². The number of rotatable bonds is 10.